The summed E-state index contributed by atoms with van der Waals surface area (Å²) in [7, 11) is 0. The summed E-state index contributed by atoms with van der Waals surface area (Å²) in [5.74, 6) is -1.38. The number of benzene rings is 1. The van der Waals surface area contributed by atoms with Gasteiger partial charge in [0.2, 0.25) is 0 Å². The maximum atomic E-state index is 13.5. The lowest BCUT2D eigenvalue weighted by Crippen LogP contribution is -2.44. The van der Waals surface area contributed by atoms with Crippen LogP contribution >= 0.6 is 0 Å². The minimum atomic E-state index is -0.643. The van der Waals surface area contributed by atoms with Crippen LogP contribution in [0, 0.1) is 17.0 Å². The number of halogens is 2. The van der Waals surface area contributed by atoms with Crippen LogP contribution in [0.5, 0.6) is 0 Å². The van der Waals surface area contributed by atoms with Crippen LogP contribution in [0.25, 0.3) is 0 Å². The standard InChI is InChI=1S/C14H17F2NO/c1-14(6-3-7-17-9-14)13(18)8-10-11(15)4-2-5-12(10)16/h2,4-5,17H,3,6-9H2,1H3. The number of ketones is 1. The Morgan fingerprint density at radius 1 is 1.39 bits per heavy atom. The number of nitrogens with one attached hydrogen (secondary N) is 1. The fourth-order valence-corrected chi connectivity index (χ4v) is 2.37. The molecule has 1 aromatic rings. The third-order valence-electron chi connectivity index (χ3n) is 3.67. The number of rotatable bonds is 3. The molecular weight excluding hydrogens is 236 g/mol. The van der Waals surface area contributed by atoms with Gasteiger partial charge >= 0.3 is 0 Å². The fraction of sp³-hybridized carbons (Fsp3) is 0.500. The molecular formula is C14H17F2NO. The SMILES string of the molecule is CC1(C(=O)Cc2c(F)cccc2F)CCCNC1. The highest BCUT2D eigenvalue weighted by atomic mass is 19.1. The van der Waals surface area contributed by atoms with E-state index in [0.29, 0.717) is 6.54 Å². The van der Waals surface area contributed by atoms with E-state index in [-0.39, 0.29) is 17.8 Å². The molecule has 18 heavy (non-hydrogen) atoms. The number of carbonyl (C=O) groups is 1. The van der Waals surface area contributed by atoms with Crippen molar-refractivity contribution in [2.24, 2.45) is 5.41 Å². The second kappa shape index (κ2) is 5.14. The number of piperidine rings is 1. The van der Waals surface area contributed by atoms with Crippen LogP contribution in [-0.2, 0) is 11.2 Å². The lowest BCUT2D eigenvalue weighted by atomic mass is 9.77. The Morgan fingerprint density at radius 2 is 2.06 bits per heavy atom. The number of hydrogen-bond donors (Lipinski definition) is 1. The van der Waals surface area contributed by atoms with Gasteiger partial charge in [0, 0.05) is 23.9 Å². The van der Waals surface area contributed by atoms with E-state index in [2.05, 4.69) is 5.32 Å². The minimum Gasteiger partial charge on any atom is -0.316 e. The van der Waals surface area contributed by atoms with E-state index in [1.165, 1.54) is 18.2 Å². The summed E-state index contributed by atoms with van der Waals surface area (Å²) >= 11 is 0. The molecule has 2 rings (SSSR count). The molecule has 0 bridgehead atoms. The van der Waals surface area contributed by atoms with Crippen LogP contribution in [0.1, 0.15) is 25.3 Å². The van der Waals surface area contributed by atoms with Gasteiger partial charge in [-0.05, 0) is 31.5 Å². The van der Waals surface area contributed by atoms with Gasteiger partial charge in [-0.15, -0.1) is 0 Å². The Labute approximate surface area is 105 Å². The van der Waals surface area contributed by atoms with Crippen molar-refractivity contribution in [2.75, 3.05) is 13.1 Å². The molecule has 98 valence electrons. The molecule has 0 radical (unpaired) electrons. The molecule has 2 nitrogen and oxygen atoms in total. The normalized spacial score (nSPS) is 23.9. The molecule has 1 unspecified atom stereocenters. The maximum absolute atomic E-state index is 13.5. The van der Waals surface area contributed by atoms with Gasteiger partial charge in [0.1, 0.15) is 17.4 Å². The van der Waals surface area contributed by atoms with E-state index in [0.717, 1.165) is 19.4 Å². The van der Waals surface area contributed by atoms with Gasteiger partial charge in [-0.3, -0.25) is 4.79 Å². The zero-order valence-corrected chi connectivity index (χ0v) is 10.4. The van der Waals surface area contributed by atoms with Crippen molar-refractivity contribution < 1.29 is 13.6 Å². The smallest absolute Gasteiger partial charge is 0.144 e. The van der Waals surface area contributed by atoms with Crippen molar-refractivity contribution in [1.29, 1.82) is 0 Å². The molecule has 1 atom stereocenters. The highest BCUT2D eigenvalue weighted by molar-refractivity contribution is 5.86. The van der Waals surface area contributed by atoms with Crippen molar-refractivity contribution in [3.63, 3.8) is 0 Å². The molecule has 1 saturated heterocycles. The van der Waals surface area contributed by atoms with Crippen LogP contribution in [-0.4, -0.2) is 18.9 Å². The molecule has 0 aliphatic carbocycles. The minimum absolute atomic E-state index is 0.0984. The Kier molecular flexibility index (Phi) is 3.76. The molecule has 4 heteroatoms. The Morgan fingerprint density at radius 3 is 2.61 bits per heavy atom. The second-order valence-electron chi connectivity index (χ2n) is 5.14. The highest BCUT2D eigenvalue weighted by Gasteiger charge is 2.34. The Bertz CT molecular complexity index is 433. The summed E-state index contributed by atoms with van der Waals surface area (Å²) in [4.78, 5) is 12.2. The molecule has 0 saturated carbocycles. The summed E-state index contributed by atoms with van der Waals surface area (Å²) in [6.07, 6.45) is 1.52. The first-order valence-corrected chi connectivity index (χ1v) is 6.20. The van der Waals surface area contributed by atoms with E-state index >= 15 is 0 Å². The molecule has 1 N–H and O–H groups in total. The lowest BCUT2D eigenvalue weighted by Gasteiger charge is -2.32. The summed E-state index contributed by atoms with van der Waals surface area (Å²) in [6.45, 7) is 3.35. The van der Waals surface area contributed by atoms with Gasteiger partial charge in [-0.25, -0.2) is 8.78 Å². The van der Waals surface area contributed by atoms with Gasteiger partial charge in [0.25, 0.3) is 0 Å². The first kappa shape index (κ1) is 13.1. The molecule has 0 aromatic heterocycles. The van der Waals surface area contributed by atoms with Gasteiger partial charge in [-0.1, -0.05) is 13.0 Å². The van der Waals surface area contributed by atoms with Gasteiger partial charge in [0.15, 0.2) is 0 Å². The average molecular weight is 253 g/mol. The van der Waals surface area contributed by atoms with Gasteiger partial charge < -0.3 is 5.32 Å². The second-order valence-corrected chi connectivity index (χ2v) is 5.14. The molecule has 1 heterocycles. The van der Waals surface area contributed by atoms with Crippen LogP contribution in [0.3, 0.4) is 0 Å². The van der Waals surface area contributed by atoms with Crippen molar-refractivity contribution in [3.05, 3.63) is 35.4 Å². The number of carbonyl (C=O) groups excluding carboxylic acids is 1. The van der Waals surface area contributed by atoms with Crippen molar-refractivity contribution in [1.82, 2.24) is 5.32 Å². The summed E-state index contributed by atoms with van der Waals surface area (Å²) < 4.78 is 27.0. The quantitative estimate of drug-likeness (QED) is 0.896. The highest BCUT2D eigenvalue weighted by Crippen LogP contribution is 2.28. The first-order chi connectivity index (χ1) is 8.53. The van der Waals surface area contributed by atoms with E-state index in [1.807, 2.05) is 6.92 Å². The molecule has 0 spiro atoms. The van der Waals surface area contributed by atoms with Crippen LogP contribution < -0.4 is 5.32 Å². The van der Waals surface area contributed by atoms with E-state index in [9.17, 15) is 13.6 Å². The predicted octanol–water partition coefficient (Wildman–Crippen LogP) is 2.47. The number of hydrogen-bond acceptors (Lipinski definition) is 2. The van der Waals surface area contributed by atoms with Crippen molar-refractivity contribution >= 4 is 5.78 Å². The van der Waals surface area contributed by atoms with E-state index in [1.54, 1.807) is 0 Å². The molecule has 0 amide bonds. The third-order valence-corrected chi connectivity index (χ3v) is 3.67. The average Bonchev–Trinajstić information content (AvgIpc) is 2.34. The molecule has 1 aliphatic heterocycles. The topological polar surface area (TPSA) is 29.1 Å². The van der Waals surface area contributed by atoms with Gasteiger partial charge in [-0.2, -0.15) is 0 Å². The summed E-state index contributed by atoms with van der Waals surface area (Å²) in [5, 5.41) is 3.16. The van der Waals surface area contributed by atoms with Gasteiger partial charge in [0.05, 0.1) is 0 Å². The zero-order chi connectivity index (χ0) is 13.2. The third kappa shape index (κ3) is 2.58. The molecule has 1 aromatic carbocycles. The maximum Gasteiger partial charge on any atom is 0.144 e. The Hall–Kier alpha value is -1.29. The molecule has 1 aliphatic rings. The van der Waals surface area contributed by atoms with E-state index < -0.39 is 17.0 Å². The largest absolute Gasteiger partial charge is 0.316 e. The van der Waals surface area contributed by atoms with Crippen LogP contribution in [0.2, 0.25) is 0 Å². The van der Waals surface area contributed by atoms with Crippen molar-refractivity contribution in [2.45, 2.75) is 26.2 Å². The lowest BCUT2D eigenvalue weighted by molar-refractivity contribution is -0.128. The first-order valence-electron chi connectivity index (χ1n) is 6.20. The summed E-state index contributed by atoms with van der Waals surface area (Å²) in [6, 6.07) is 3.68. The van der Waals surface area contributed by atoms with E-state index in [4.69, 9.17) is 0 Å². The monoisotopic (exact) mass is 253 g/mol. The van der Waals surface area contributed by atoms with Crippen LogP contribution in [0.4, 0.5) is 8.78 Å². The van der Waals surface area contributed by atoms with Crippen LogP contribution in [0.15, 0.2) is 18.2 Å². The number of Topliss-reactive ketones (excluding diaryl/α,β-unsaturated/α-hetero) is 1. The fourth-order valence-electron chi connectivity index (χ4n) is 2.37. The Balaban J connectivity index is 2.16. The summed E-state index contributed by atoms with van der Waals surface area (Å²) in [5.41, 5.74) is -0.623. The molecule has 1 fully saturated rings. The van der Waals surface area contributed by atoms with Crippen molar-refractivity contribution in [3.8, 4) is 0 Å². The predicted molar refractivity (Wildman–Crippen MR) is 65.3 cm³/mol. The zero-order valence-electron chi connectivity index (χ0n) is 10.4.